The Morgan fingerprint density at radius 1 is 1.03 bits per heavy atom. The lowest BCUT2D eigenvalue weighted by atomic mass is 10.1. The third-order valence-electron chi connectivity index (χ3n) is 3.83. The van der Waals surface area contributed by atoms with Gasteiger partial charge in [-0.3, -0.25) is 20.4 Å². The van der Waals surface area contributed by atoms with Gasteiger partial charge in [0.15, 0.2) is 11.6 Å². The Hall–Kier alpha value is -2.75. The molecule has 2 aromatic heterocycles. The number of hydrazine groups is 1. The molecule has 3 rings (SSSR count). The highest BCUT2D eigenvalue weighted by atomic mass is 35.5. The maximum Gasteiger partial charge on any atom is 0.417 e. The van der Waals surface area contributed by atoms with Gasteiger partial charge in [0.05, 0.1) is 15.6 Å². The molecule has 12 heteroatoms. The minimum absolute atomic E-state index is 0.000954. The Morgan fingerprint density at radius 2 is 1.77 bits per heavy atom. The Balaban J connectivity index is 1.69. The number of aromatic amines is 1. The molecule has 6 nitrogen and oxygen atoms in total. The van der Waals surface area contributed by atoms with E-state index in [1.165, 1.54) is 30.5 Å². The van der Waals surface area contributed by atoms with Crippen LogP contribution in [-0.4, -0.2) is 21.7 Å². The van der Waals surface area contributed by atoms with E-state index in [0.29, 0.717) is 17.3 Å². The second-order valence-corrected chi connectivity index (χ2v) is 7.14. The number of nitrogens with zero attached hydrogens (tertiary/aromatic N) is 1. The largest absolute Gasteiger partial charge is 0.417 e. The molecule has 0 atom stereocenters. The highest BCUT2D eigenvalue weighted by Crippen LogP contribution is 2.32. The van der Waals surface area contributed by atoms with Crippen molar-refractivity contribution >= 4 is 52.3 Å². The molecule has 0 unspecified atom stereocenters. The molecule has 0 saturated carbocycles. The molecule has 1 aromatic carbocycles. The number of pyridine rings is 1. The fraction of sp³-hybridized carbons (Fsp3) is 0.0556. The van der Waals surface area contributed by atoms with E-state index < -0.39 is 23.4 Å². The van der Waals surface area contributed by atoms with Crippen LogP contribution in [0.5, 0.6) is 0 Å². The maximum absolute atomic E-state index is 12.6. The van der Waals surface area contributed by atoms with Gasteiger partial charge in [0, 0.05) is 28.5 Å². The van der Waals surface area contributed by atoms with E-state index >= 15 is 0 Å². The molecule has 0 aliphatic carbocycles. The number of benzene rings is 1. The summed E-state index contributed by atoms with van der Waals surface area (Å²) in [5.74, 6) is -1.34. The molecular formula is C18H10Cl3F3N4O2. The number of hydrogen-bond donors (Lipinski definition) is 3. The molecule has 156 valence electrons. The van der Waals surface area contributed by atoms with Crippen molar-refractivity contribution in [2.45, 2.75) is 6.18 Å². The van der Waals surface area contributed by atoms with Gasteiger partial charge >= 0.3 is 6.18 Å². The summed E-state index contributed by atoms with van der Waals surface area (Å²) in [6.45, 7) is 0. The maximum atomic E-state index is 12.6. The molecule has 2 heterocycles. The van der Waals surface area contributed by atoms with Crippen LogP contribution in [0.2, 0.25) is 15.1 Å². The van der Waals surface area contributed by atoms with Gasteiger partial charge in [-0.1, -0.05) is 34.8 Å². The first-order valence-electron chi connectivity index (χ1n) is 8.03. The minimum Gasteiger partial charge on any atom is -0.356 e. The Bertz CT molecular complexity index is 1130. The molecule has 0 spiro atoms. The fourth-order valence-corrected chi connectivity index (χ4v) is 3.06. The SMILES string of the molecule is O=C(NNc1ncc(C(F)(F)F)cc1Cl)c1cc(C(=O)c2ccc(Cl)cc2Cl)c[nH]1. The first kappa shape index (κ1) is 21.9. The lowest BCUT2D eigenvalue weighted by Crippen LogP contribution is -2.30. The van der Waals surface area contributed by atoms with Gasteiger partial charge in [-0.05, 0) is 30.3 Å². The van der Waals surface area contributed by atoms with Crippen LogP contribution in [0.25, 0.3) is 0 Å². The number of halogens is 6. The number of aromatic nitrogens is 2. The average Bonchev–Trinajstić information content (AvgIpc) is 3.16. The first-order chi connectivity index (χ1) is 14.1. The standard InChI is InChI=1S/C18H10Cl3F3N4O2/c19-10-1-2-11(12(20)5-10)15(29)8-3-14(25-6-8)17(30)28-27-16-13(21)4-9(7-26-16)18(22,23)24/h1-7,25H,(H,26,27)(H,28,30). The predicted octanol–water partition coefficient (Wildman–Crippen LogP) is 5.38. The summed E-state index contributed by atoms with van der Waals surface area (Å²) in [6.07, 6.45) is -2.72. The zero-order valence-corrected chi connectivity index (χ0v) is 16.8. The van der Waals surface area contributed by atoms with Crippen LogP contribution >= 0.6 is 34.8 Å². The second kappa shape index (κ2) is 8.55. The minimum atomic E-state index is -4.60. The van der Waals surface area contributed by atoms with Crippen LogP contribution < -0.4 is 10.9 Å². The third kappa shape index (κ3) is 4.86. The van der Waals surface area contributed by atoms with E-state index in [-0.39, 0.29) is 32.7 Å². The van der Waals surface area contributed by atoms with Gasteiger partial charge in [0.1, 0.15) is 5.69 Å². The molecule has 0 saturated heterocycles. The molecule has 0 aliphatic rings. The topological polar surface area (TPSA) is 86.9 Å². The van der Waals surface area contributed by atoms with Gasteiger partial charge in [0.25, 0.3) is 5.91 Å². The van der Waals surface area contributed by atoms with Crippen LogP contribution in [0, 0.1) is 0 Å². The fourth-order valence-electron chi connectivity index (χ4n) is 2.35. The smallest absolute Gasteiger partial charge is 0.356 e. The number of nitrogens with one attached hydrogen (secondary N) is 3. The summed E-state index contributed by atoms with van der Waals surface area (Å²) < 4.78 is 37.9. The molecule has 0 radical (unpaired) electrons. The van der Waals surface area contributed by atoms with Crippen LogP contribution in [0.3, 0.4) is 0 Å². The van der Waals surface area contributed by atoms with Crippen molar-refractivity contribution in [1.29, 1.82) is 0 Å². The third-order valence-corrected chi connectivity index (χ3v) is 4.66. The van der Waals surface area contributed by atoms with E-state index in [1.807, 2.05) is 0 Å². The van der Waals surface area contributed by atoms with E-state index in [2.05, 4.69) is 20.8 Å². The van der Waals surface area contributed by atoms with Crippen molar-refractivity contribution in [3.05, 3.63) is 80.2 Å². The summed E-state index contributed by atoms with van der Waals surface area (Å²) in [5, 5.41) is 0.182. The highest BCUT2D eigenvalue weighted by Gasteiger charge is 2.31. The van der Waals surface area contributed by atoms with E-state index in [9.17, 15) is 22.8 Å². The number of rotatable bonds is 5. The Labute approximate surface area is 182 Å². The lowest BCUT2D eigenvalue weighted by Gasteiger charge is -2.11. The van der Waals surface area contributed by atoms with Gasteiger partial charge in [0.2, 0.25) is 0 Å². The van der Waals surface area contributed by atoms with Crippen molar-refractivity contribution in [3.63, 3.8) is 0 Å². The molecule has 0 aliphatic heterocycles. The molecule has 0 fully saturated rings. The van der Waals surface area contributed by atoms with Crippen molar-refractivity contribution in [2.24, 2.45) is 0 Å². The van der Waals surface area contributed by atoms with Crippen LogP contribution in [0.15, 0.2) is 42.7 Å². The van der Waals surface area contributed by atoms with Gasteiger partial charge in [-0.25, -0.2) is 4.98 Å². The van der Waals surface area contributed by atoms with Crippen molar-refractivity contribution < 1.29 is 22.8 Å². The summed E-state index contributed by atoms with van der Waals surface area (Å²) in [5.41, 5.74) is 3.88. The van der Waals surface area contributed by atoms with E-state index in [0.717, 1.165) is 0 Å². The van der Waals surface area contributed by atoms with Crippen molar-refractivity contribution in [3.8, 4) is 0 Å². The number of hydrogen-bond acceptors (Lipinski definition) is 4. The first-order valence-corrected chi connectivity index (χ1v) is 9.17. The zero-order valence-electron chi connectivity index (χ0n) is 14.6. The lowest BCUT2D eigenvalue weighted by molar-refractivity contribution is -0.137. The predicted molar refractivity (Wildman–Crippen MR) is 106 cm³/mol. The number of alkyl halides is 3. The molecule has 3 N–H and O–H groups in total. The summed E-state index contributed by atoms with van der Waals surface area (Å²) in [4.78, 5) is 30.9. The number of ketones is 1. The molecular weight excluding hydrogens is 468 g/mol. The van der Waals surface area contributed by atoms with Crippen molar-refractivity contribution in [2.75, 3.05) is 5.43 Å². The van der Waals surface area contributed by atoms with Crippen LogP contribution in [0.1, 0.15) is 32.0 Å². The summed E-state index contributed by atoms with van der Waals surface area (Å²) in [7, 11) is 0. The monoisotopic (exact) mass is 476 g/mol. The summed E-state index contributed by atoms with van der Waals surface area (Å²) in [6, 6.07) is 6.34. The quantitative estimate of drug-likeness (QED) is 0.340. The molecule has 3 aromatic rings. The highest BCUT2D eigenvalue weighted by molar-refractivity contribution is 6.37. The summed E-state index contributed by atoms with van der Waals surface area (Å²) >= 11 is 17.6. The number of carbonyl (C=O) groups is 2. The van der Waals surface area contributed by atoms with Gasteiger partial charge in [-0.15, -0.1) is 0 Å². The van der Waals surface area contributed by atoms with E-state index in [1.54, 1.807) is 0 Å². The van der Waals surface area contributed by atoms with E-state index in [4.69, 9.17) is 34.8 Å². The molecule has 1 amide bonds. The average molecular weight is 478 g/mol. The van der Waals surface area contributed by atoms with Gasteiger partial charge < -0.3 is 4.98 Å². The van der Waals surface area contributed by atoms with Crippen LogP contribution in [0.4, 0.5) is 19.0 Å². The number of H-pyrrole nitrogens is 1. The Morgan fingerprint density at radius 3 is 2.40 bits per heavy atom. The zero-order chi connectivity index (χ0) is 22.1. The van der Waals surface area contributed by atoms with Crippen molar-refractivity contribution in [1.82, 2.24) is 15.4 Å². The molecule has 30 heavy (non-hydrogen) atoms. The number of amides is 1. The normalized spacial score (nSPS) is 11.3. The molecule has 0 bridgehead atoms. The number of carbonyl (C=O) groups excluding carboxylic acids is 2. The Kier molecular flexibility index (Phi) is 6.25. The second-order valence-electron chi connectivity index (χ2n) is 5.89. The van der Waals surface area contributed by atoms with Gasteiger partial charge in [-0.2, -0.15) is 13.2 Å². The number of anilines is 1. The van der Waals surface area contributed by atoms with Crippen LogP contribution in [-0.2, 0) is 6.18 Å².